The molecule has 1 unspecified atom stereocenters. The lowest BCUT2D eigenvalue weighted by Crippen LogP contribution is -2.29. The van der Waals surface area contributed by atoms with E-state index >= 15 is 0 Å². The summed E-state index contributed by atoms with van der Waals surface area (Å²) in [6, 6.07) is 8.38. The van der Waals surface area contributed by atoms with Gasteiger partial charge in [0.1, 0.15) is 17.3 Å². The van der Waals surface area contributed by atoms with Gasteiger partial charge in [-0.3, -0.25) is 11.3 Å². The number of furan rings is 1. The van der Waals surface area contributed by atoms with Crippen LogP contribution >= 0.6 is 0 Å². The predicted octanol–water partition coefficient (Wildman–Crippen LogP) is 2.78. The molecule has 1 atom stereocenters. The van der Waals surface area contributed by atoms with Crippen LogP contribution in [-0.2, 0) is 6.42 Å². The number of hydrogen-bond acceptors (Lipinski definition) is 3. The Balaban J connectivity index is 2.19. The van der Waals surface area contributed by atoms with E-state index in [2.05, 4.69) is 5.43 Å². The molecule has 1 aromatic carbocycles. The highest BCUT2D eigenvalue weighted by Gasteiger charge is 2.16. The average Bonchev–Trinajstić information content (AvgIpc) is 2.68. The Bertz CT molecular complexity index is 519. The molecule has 18 heavy (non-hydrogen) atoms. The van der Waals surface area contributed by atoms with Gasteiger partial charge >= 0.3 is 0 Å². The van der Waals surface area contributed by atoms with Gasteiger partial charge in [0.25, 0.3) is 0 Å². The Morgan fingerprint density at radius 3 is 2.44 bits per heavy atom. The van der Waals surface area contributed by atoms with Gasteiger partial charge in [-0.05, 0) is 44.0 Å². The summed E-state index contributed by atoms with van der Waals surface area (Å²) in [5.74, 6) is 7.09. The Morgan fingerprint density at radius 1 is 1.28 bits per heavy atom. The number of rotatable bonds is 4. The summed E-state index contributed by atoms with van der Waals surface area (Å²) < 4.78 is 18.3. The first kappa shape index (κ1) is 12.8. The number of nitrogens with one attached hydrogen (secondary N) is 1. The van der Waals surface area contributed by atoms with Crippen LogP contribution in [0.5, 0.6) is 0 Å². The number of aryl methyl sites for hydroxylation is 2. The van der Waals surface area contributed by atoms with E-state index in [0.717, 1.165) is 22.6 Å². The summed E-state index contributed by atoms with van der Waals surface area (Å²) in [6.45, 7) is 3.82. The molecular weight excluding hydrogens is 231 g/mol. The maximum Gasteiger partial charge on any atom is 0.123 e. The molecular formula is C14H17FN2O. The molecule has 2 rings (SSSR count). The Morgan fingerprint density at radius 2 is 1.94 bits per heavy atom. The minimum absolute atomic E-state index is 0.0343. The van der Waals surface area contributed by atoms with Crippen LogP contribution in [0.15, 0.2) is 34.7 Å². The highest BCUT2D eigenvalue weighted by atomic mass is 19.1. The van der Waals surface area contributed by atoms with Crippen LogP contribution in [0.1, 0.15) is 28.7 Å². The molecule has 0 saturated heterocycles. The Labute approximate surface area is 106 Å². The van der Waals surface area contributed by atoms with Crippen molar-refractivity contribution in [3.05, 3.63) is 58.8 Å². The van der Waals surface area contributed by atoms with Crippen molar-refractivity contribution in [2.45, 2.75) is 26.3 Å². The first-order chi connectivity index (χ1) is 8.60. The van der Waals surface area contributed by atoms with Crippen LogP contribution in [0.25, 0.3) is 0 Å². The van der Waals surface area contributed by atoms with E-state index in [9.17, 15) is 4.39 Å². The first-order valence-corrected chi connectivity index (χ1v) is 5.87. The van der Waals surface area contributed by atoms with Crippen molar-refractivity contribution >= 4 is 0 Å². The average molecular weight is 248 g/mol. The van der Waals surface area contributed by atoms with Crippen molar-refractivity contribution in [3.63, 3.8) is 0 Å². The van der Waals surface area contributed by atoms with Crippen molar-refractivity contribution in [2.24, 2.45) is 5.84 Å². The molecule has 4 heteroatoms. The lowest BCUT2D eigenvalue weighted by Gasteiger charge is -2.15. The summed E-state index contributed by atoms with van der Waals surface area (Å²) in [5.41, 5.74) is 4.85. The minimum Gasteiger partial charge on any atom is -0.466 e. The van der Waals surface area contributed by atoms with E-state index in [1.165, 1.54) is 12.1 Å². The number of hydrogen-bond donors (Lipinski definition) is 2. The van der Waals surface area contributed by atoms with Crippen LogP contribution in [-0.4, -0.2) is 0 Å². The number of benzene rings is 1. The lowest BCUT2D eigenvalue weighted by atomic mass is 10.00. The molecule has 2 aromatic rings. The van der Waals surface area contributed by atoms with Crippen LogP contribution in [0.4, 0.5) is 4.39 Å². The fourth-order valence-corrected chi connectivity index (χ4v) is 2.11. The van der Waals surface area contributed by atoms with Gasteiger partial charge in [-0.15, -0.1) is 0 Å². The molecule has 96 valence electrons. The largest absolute Gasteiger partial charge is 0.466 e. The molecule has 1 aromatic heterocycles. The molecule has 0 aliphatic rings. The predicted molar refractivity (Wildman–Crippen MR) is 68.4 cm³/mol. The molecule has 0 saturated carbocycles. The van der Waals surface area contributed by atoms with Crippen molar-refractivity contribution in [2.75, 3.05) is 0 Å². The Kier molecular flexibility index (Phi) is 3.79. The summed E-state index contributed by atoms with van der Waals surface area (Å²) >= 11 is 0. The third-order valence-electron chi connectivity index (χ3n) is 3.01. The van der Waals surface area contributed by atoms with Crippen molar-refractivity contribution < 1.29 is 8.81 Å². The minimum atomic E-state index is -0.230. The highest BCUT2D eigenvalue weighted by Crippen LogP contribution is 2.24. The van der Waals surface area contributed by atoms with Gasteiger partial charge in [0.15, 0.2) is 0 Å². The summed E-state index contributed by atoms with van der Waals surface area (Å²) in [6.07, 6.45) is 0.691. The number of halogens is 1. The first-order valence-electron chi connectivity index (χ1n) is 5.87. The van der Waals surface area contributed by atoms with Gasteiger partial charge < -0.3 is 4.42 Å². The zero-order valence-corrected chi connectivity index (χ0v) is 10.5. The lowest BCUT2D eigenvalue weighted by molar-refractivity contribution is 0.484. The second kappa shape index (κ2) is 5.33. The molecule has 3 N–H and O–H groups in total. The molecule has 1 heterocycles. The van der Waals surface area contributed by atoms with E-state index in [0.29, 0.717) is 6.42 Å². The standard InChI is InChI=1S/C14H17FN2O/c1-9-7-13(10(2)18-9)14(17-16)8-11-3-5-12(15)6-4-11/h3-7,14,17H,8,16H2,1-2H3. The molecule has 0 aliphatic heterocycles. The Hall–Kier alpha value is -1.65. The third kappa shape index (κ3) is 2.78. The maximum atomic E-state index is 12.8. The van der Waals surface area contributed by atoms with Crippen molar-refractivity contribution in [3.8, 4) is 0 Å². The van der Waals surface area contributed by atoms with Crippen molar-refractivity contribution in [1.29, 1.82) is 0 Å². The fourth-order valence-electron chi connectivity index (χ4n) is 2.11. The van der Waals surface area contributed by atoms with E-state index < -0.39 is 0 Å². The van der Waals surface area contributed by atoms with Gasteiger partial charge in [0.2, 0.25) is 0 Å². The number of nitrogens with two attached hydrogens (primary N) is 1. The third-order valence-corrected chi connectivity index (χ3v) is 3.01. The molecule has 0 aliphatic carbocycles. The maximum absolute atomic E-state index is 12.8. The molecule has 0 spiro atoms. The molecule has 0 fully saturated rings. The van der Waals surface area contributed by atoms with Gasteiger partial charge in [-0.2, -0.15) is 0 Å². The SMILES string of the molecule is Cc1cc(C(Cc2ccc(F)cc2)NN)c(C)o1. The van der Waals surface area contributed by atoms with Gasteiger partial charge in [-0.25, -0.2) is 4.39 Å². The highest BCUT2D eigenvalue weighted by molar-refractivity contribution is 5.27. The summed E-state index contributed by atoms with van der Waals surface area (Å²) in [4.78, 5) is 0. The zero-order chi connectivity index (χ0) is 13.1. The smallest absolute Gasteiger partial charge is 0.123 e. The number of hydrazine groups is 1. The molecule has 0 bridgehead atoms. The van der Waals surface area contributed by atoms with Crippen LogP contribution in [0.2, 0.25) is 0 Å². The van der Waals surface area contributed by atoms with E-state index in [4.69, 9.17) is 10.3 Å². The van der Waals surface area contributed by atoms with Gasteiger partial charge in [0.05, 0.1) is 6.04 Å². The van der Waals surface area contributed by atoms with Gasteiger partial charge in [-0.1, -0.05) is 12.1 Å². The van der Waals surface area contributed by atoms with Crippen molar-refractivity contribution in [1.82, 2.24) is 5.43 Å². The molecule has 0 radical (unpaired) electrons. The molecule has 3 nitrogen and oxygen atoms in total. The van der Waals surface area contributed by atoms with Crippen LogP contribution in [0.3, 0.4) is 0 Å². The quantitative estimate of drug-likeness (QED) is 0.646. The summed E-state index contributed by atoms with van der Waals surface area (Å²) in [5, 5.41) is 0. The fraction of sp³-hybridized carbons (Fsp3) is 0.286. The normalized spacial score (nSPS) is 12.7. The second-order valence-corrected chi connectivity index (χ2v) is 4.42. The van der Waals surface area contributed by atoms with Crippen LogP contribution < -0.4 is 11.3 Å². The topological polar surface area (TPSA) is 51.2 Å². The van der Waals surface area contributed by atoms with E-state index in [1.807, 2.05) is 19.9 Å². The van der Waals surface area contributed by atoms with E-state index in [1.54, 1.807) is 12.1 Å². The van der Waals surface area contributed by atoms with E-state index in [-0.39, 0.29) is 11.9 Å². The zero-order valence-electron chi connectivity index (χ0n) is 10.5. The monoisotopic (exact) mass is 248 g/mol. The summed E-state index contributed by atoms with van der Waals surface area (Å²) in [7, 11) is 0. The van der Waals surface area contributed by atoms with Crippen LogP contribution in [0, 0.1) is 19.7 Å². The van der Waals surface area contributed by atoms with Gasteiger partial charge in [0, 0.05) is 5.56 Å². The molecule has 0 amide bonds. The second-order valence-electron chi connectivity index (χ2n) is 4.42.